The Morgan fingerprint density at radius 2 is 1.80 bits per heavy atom. The number of aliphatic hydroxyl groups excluding tert-OH is 1. The number of nitrogens with one attached hydrogen (secondary N) is 1. The van der Waals surface area contributed by atoms with Gasteiger partial charge in [-0.25, -0.2) is 0 Å². The van der Waals surface area contributed by atoms with Crippen molar-refractivity contribution in [1.29, 1.82) is 0 Å². The van der Waals surface area contributed by atoms with Gasteiger partial charge in [0.1, 0.15) is 0 Å². The summed E-state index contributed by atoms with van der Waals surface area (Å²) >= 11 is 6.10. The Kier molecular flexibility index (Phi) is 6.13. The molecule has 3 nitrogen and oxygen atoms in total. The van der Waals surface area contributed by atoms with Crippen LogP contribution in [0.5, 0.6) is 0 Å². The third-order valence-corrected chi connectivity index (χ3v) is 5.47. The first-order chi connectivity index (χ1) is 12.1. The van der Waals surface area contributed by atoms with E-state index >= 15 is 0 Å². The molecule has 1 saturated carbocycles. The van der Waals surface area contributed by atoms with Crippen LogP contribution < -0.4 is 11.1 Å². The van der Waals surface area contributed by atoms with Crippen LogP contribution in [-0.2, 0) is 12.8 Å². The molecule has 0 amide bonds. The van der Waals surface area contributed by atoms with E-state index in [4.69, 9.17) is 17.3 Å². The van der Waals surface area contributed by atoms with Crippen LogP contribution in [0.15, 0.2) is 54.6 Å². The molecule has 4 heteroatoms. The molecule has 0 unspecified atom stereocenters. The Morgan fingerprint density at radius 1 is 1.08 bits per heavy atom. The number of aliphatic hydroxyl groups is 1. The van der Waals surface area contributed by atoms with E-state index in [0.29, 0.717) is 13.0 Å². The molecule has 0 radical (unpaired) electrons. The van der Waals surface area contributed by atoms with Crippen molar-refractivity contribution >= 4 is 11.6 Å². The fraction of sp³-hybridized carbons (Fsp3) is 0.429. The van der Waals surface area contributed by atoms with Crippen molar-refractivity contribution in [1.82, 2.24) is 5.32 Å². The van der Waals surface area contributed by atoms with Crippen LogP contribution in [0.3, 0.4) is 0 Å². The minimum atomic E-state index is -0.558. The van der Waals surface area contributed by atoms with E-state index in [1.165, 1.54) is 12.0 Å². The highest BCUT2D eigenvalue weighted by Gasteiger charge is 2.37. The molecule has 1 aliphatic rings. The first-order valence-electron chi connectivity index (χ1n) is 9.03. The van der Waals surface area contributed by atoms with Gasteiger partial charge in [0.05, 0.1) is 6.10 Å². The van der Waals surface area contributed by atoms with Crippen molar-refractivity contribution in [3.8, 4) is 0 Å². The van der Waals surface area contributed by atoms with E-state index in [-0.39, 0.29) is 11.6 Å². The first-order valence-corrected chi connectivity index (χ1v) is 9.41. The van der Waals surface area contributed by atoms with Crippen molar-refractivity contribution in [2.24, 2.45) is 5.73 Å². The fourth-order valence-corrected chi connectivity index (χ4v) is 3.76. The molecule has 2 aromatic carbocycles. The standard InChI is InChI=1S/C21H27ClN2O/c22-18-9-4-8-17(12-18)14-21(10-5-11-21)24-15-20(25)19(23)13-16-6-2-1-3-7-16/h1-4,6-9,12,19-20,24-25H,5,10-11,13-15,23H2/t19-,20+/m0/s1. The Labute approximate surface area is 155 Å². The molecule has 25 heavy (non-hydrogen) atoms. The zero-order chi connectivity index (χ0) is 17.7. The van der Waals surface area contributed by atoms with Crippen molar-refractivity contribution in [2.45, 2.75) is 49.8 Å². The lowest BCUT2D eigenvalue weighted by atomic mass is 9.72. The zero-order valence-corrected chi connectivity index (χ0v) is 15.3. The number of halogens is 1. The highest BCUT2D eigenvalue weighted by molar-refractivity contribution is 6.30. The molecule has 0 saturated heterocycles. The van der Waals surface area contributed by atoms with Crippen molar-refractivity contribution < 1.29 is 5.11 Å². The van der Waals surface area contributed by atoms with Gasteiger partial charge in [-0.3, -0.25) is 0 Å². The van der Waals surface area contributed by atoms with Gasteiger partial charge >= 0.3 is 0 Å². The van der Waals surface area contributed by atoms with Gasteiger partial charge in [0.25, 0.3) is 0 Å². The predicted molar refractivity (Wildman–Crippen MR) is 104 cm³/mol. The van der Waals surface area contributed by atoms with Crippen molar-refractivity contribution in [2.75, 3.05) is 6.54 Å². The fourth-order valence-electron chi connectivity index (χ4n) is 3.55. The molecule has 3 rings (SSSR count). The molecule has 0 aliphatic heterocycles. The SMILES string of the molecule is N[C@@H](Cc1ccccc1)[C@H](O)CNC1(Cc2cccc(Cl)c2)CCC1. The van der Waals surface area contributed by atoms with Crippen LogP contribution in [0.1, 0.15) is 30.4 Å². The van der Waals surface area contributed by atoms with E-state index in [0.717, 1.165) is 29.8 Å². The van der Waals surface area contributed by atoms with Gasteiger partial charge < -0.3 is 16.2 Å². The van der Waals surface area contributed by atoms with Gasteiger partial charge in [-0.2, -0.15) is 0 Å². The number of nitrogens with two attached hydrogens (primary N) is 1. The van der Waals surface area contributed by atoms with E-state index in [9.17, 15) is 5.11 Å². The second kappa shape index (κ2) is 8.33. The maximum atomic E-state index is 10.5. The summed E-state index contributed by atoms with van der Waals surface area (Å²) in [5, 5.41) is 14.8. The average Bonchev–Trinajstić information content (AvgIpc) is 2.57. The highest BCUT2D eigenvalue weighted by Crippen LogP contribution is 2.35. The number of rotatable bonds is 8. The maximum absolute atomic E-state index is 10.5. The van der Waals surface area contributed by atoms with Gasteiger partial charge in [-0.1, -0.05) is 54.1 Å². The summed E-state index contributed by atoms with van der Waals surface area (Å²) in [5.74, 6) is 0. The lowest BCUT2D eigenvalue weighted by molar-refractivity contribution is 0.104. The monoisotopic (exact) mass is 358 g/mol. The second-order valence-corrected chi connectivity index (χ2v) is 7.68. The molecule has 1 fully saturated rings. The zero-order valence-electron chi connectivity index (χ0n) is 14.5. The summed E-state index contributed by atoms with van der Waals surface area (Å²) < 4.78 is 0. The summed E-state index contributed by atoms with van der Waals surface area (Å²) in [4.78, 5) is 0. The van der Waals surface area contributed by atoms with E-state index < -0.39 is 6.10 Å². The van der Waals surface area contributed by atoms with Crippen LogP contribution in [0.2, 0.25) is 5.02 Å². The molecule has 1 aliphatic carbocycles. The minimum Gasteiger partial charge on any atom is -0.390 e. The van der Waals surface area contributed by atoms with Crippen LogP contribution in [0.4, 0.5) is 0 Å². The number of hydrogen-bond donors (Lipinski definition) is 3. The molecular formula is C21H27ClN2O. The van der Waals surface area contributed by atoms with Gasteiger partial charge in [0, 0.05) is 23.1 Å². The molecule has 4 N–H and O–H groups in total. The molecule has 134 valence electrons. The van der Waals surface area contributed by atoms with Crippen LogP contribution in [0, 0.1) is 0 Å². The maximum Gasteiger partial charge on any atom is 0.0818 e. The van der Waals surface area contributed by atoms with Gasteiger partial charge in [-0.05, 0) is 55.4 Å². The van der Waals surface area contributed by atoms with Crippen molar-refractivity contribution in [3.63, 3.8) is 0 Å². The van der Waals surface area contributed by atoms with E-state index in [1.807, 2.05) is 48.5 Å². The summed E-state index contributed by atoms with van der Waals surface area (Å²) in [7, 11) is 0. The Balaban J connectivity index is 1.53. The van der Waals surface area contributed by atoms with E-state index in [1.54, 1.807) is 0 Å². The number of hydrogen-bond acceptors (Lipinski definition) is 3. The molecule has 0 heterocycles. The molecule has 2 aromatic rings. The van der Waals surface area contributed by atoms with Gasteiger partial charge in [0.2, 0.25) is 0 Å². The Bertz CT molecular complexity index is 673. The molecular weight excluding hydrogens is 332 g/mol. The van der Waals surface area contributed by atoms with Gasteiger partial charge in [-0.15, -0.1) is 0 Å². The minimum absolute atomic E-state index is 0.0676. The second-order valence-electron chi connectivity index (χ2n) is 7.24. The number of benzene rings is 2. The molecule has 0 aromatic heterocycles. The predicted octanol–water partition coefficient (Wildman–Crippen LogP) is 3.33. The lowest BCUT2D eigenvalue weighted by Gasteiger charge is -2.44. The Hall–Kier alpha value is -1.39. The molecule has 0 bridgehead atoms. The number of β-amino-alcohol motifs (C(OH)–C–C–N with tert-alkyl or cyclic N) is 1. The molecule has 2 atom stereocenters. The largest absolute Gasteiger partial charge is 0.390 e. The topological polar surface area (TPSA) is 58.3 Å². The van der Waals surface area contributed by atoms with Crippen LogP contribution >= 0.6 is 11.6 Å². The highest BCUT2D eigenvalue weighted by atomic mass is 35.5. The van der Waals surface area contributed by atoms with Gasteiger partial charge in [0.15, 0.2) is 0 Å². The van der Waals surface area contributed by atoms with Crippen LogP contribution in [-0.4, -0.2) is 29.3 Å². The Morgan fingerprint density at radius 3 is 2.44 bits per heavy atom. The molecule has 0 spiro atoms. The third-order valence-electron chi connectivity index (χ3n) is 5.24. The summed E-state index contributed by atoms with van der Waals surface area (Å²) in [5.41, 5.74) is 8.67. The summed E-state index contributed by atoms with van der Waals surface area (Å²) in [6.45, 7) is 0.522. The first kappa shape index (κ1) is 18.4. The smallest absolute Gasteiger partial charge is 0.0818 e. The lowest BCUT2D eigenvalue weighted by Crippen LogP contribution is -2.56. The van der Waals surface area contributed by atoms with E-state index in [2.05, 4.69) is 11.4 Å². The summed E-state index contributed by atoms with van der Waals surface area (Å²) in [6.07, 6.45) is 4.54. The average molecular weight is 359 g/mol. The quantitative estimate of drug-likeness (QED) is 0.678. The third kappa shape index (κ3) is 5.05. The summed E-state index contributed by atoms with van der Waals surface area (Å²) in [6, 6.07) is 17.9. The van der Waals surface area contributed by atoms with Crippen LogP contribution in [0.25, 0.3) is 0 Å². The van der Waals surface area contributed by atoms with Crippen molar-refractivity contribution in [3.05, 3.63) is 70.7 Å². The normalized spacial score (nSPS) is 18.4.